The maximum Gasteiger partial charge on any atom is 0.306 e. The highest BCUT2D eigenvalue weighted by Gasteiger charge is 2.12. The van der Waals surface area contributed by atoms with Crippen LogP contribution in [0.2, 0.25) is 5.02 Å². The summed E-state index contributed by atoms with van der Waals surface area (Å²) in [7, 11) is 0. The number of carbonyl (C=O) groups excluding carboxylic acids is 3. The van der Waals surface area contributed by atoms with E-state index in [1.807, 2.05) is 0 Å². The van der Waals surface area contributed by atoms with Crippen molar-refractivity contribution in [3.8, 4) is 0 Å². The van der Waals surface area contributed by atoms with E-state index in [1.165, 1.54) is 11.3 Å². The standard InChI is InChI=1S/C15H15ClN4O4S/c1-9-19-20-15(25-9)18-12(21)5-6-14(23)24-8-13(22)17-11-4-2-3-10(16)7-11/h2-4,7H,5-6,8H2,1H3,(H,17,22)(H,18,20,21). The molecule has 2 N–H and O–H groups in total. The molecule has 0 aliphatic heterocycles. The molecule has 0 aliphatic rings. The number of benzene rings is 1. The summed E-state index contributed by atoms with van der Waals surface area (Å²) >= 11 is 7.04. The van der Waals surface area contributed by atoms with Crippen LogP contribution in [0.25, 0.3) is 0 Å². The van der Waals surface area contributed by atoms with Gasteiger partial charge in [0.2, 0.25) is 11.0 Å². The molecule has 1 aromatic carbocycles. The predicted molar refractivity (Wildman–Crippen MR) is 93.6 cm³/mol. The number of nitrogens with zero attached hydrogens (tertiary/aromatic N) is 2. The van der Waals surface area contributed by atoms with Gasteiger partial charge in [0.25, 0.3) is 5.91 Å². The van der Waals surface area contributed by atoms with E-state index in [2.05, 4.69) is 20.8 Å². The third-order valence-corrected chi connectivity index (χ3v) is 3.79. The molecular formula is C15H15ClN4O4S. The number of hydrogen-bond donors (Lipinski definition) is 2. The summed E-state index contributed by atoms with van der Waals surface area (Å²) in [5.41, 5.74) is 0.500. The topological polar surface area (TPSA) is 110 Å². The molecule has 2 amide bonds. The number of anilines is 2. The van der Waals surface area contributed by atoms with Crippen LogP contribution in [0.15, 0.2) is 24.3 Å². The number of aromatic nitrogens is 2. The first-order valence-electron chi connectivity index (χ1n) is 7.23. The number of amides is 2. The smallest absolute Gasteiger partial charge is 0.306 e. The molecular weight excluding hydrogens is 368 g/mol. The van der Waals surface area contributed by atoms with Gasteiger partial charge in [0, 0.05) is 17.1 Å². The molecule has 2 rings (SSSR count). The lowest BCUT2D eigenvalue weighted by Gasteiger charge is -2.07. The summed E-state index contributed by atoms with van der Waals surface area (Å²) in [4.78, 5) is 34.9. The molecule has 2 aromatic rings. The molecule has 0 saturated heterocycles. The number of halogens is 1. The molecule has 0 bridgehead atoms. The van der Waals surface area contributed by atoms with E-state index in [1.54, 1.807) is 31.2 Å². The van der Waals surface area contributed by atoms with Gasteiger partial charge in [-0.2, -0.15) is 0 Å². The fraction of sp³-hybridized carbons (Fsp3) is 0.267. The first kappa shape index (κ1) is 18.8. The lowest BCUT2D eigenvalue weighted by molar-refractivity contribution is -0.147. The first-order valence-corrected chi connectivity index (χ1v) is 8.43. The Morgan fingerprint density at radius 3 is 2.64 bits per heavy atom. The van der Waals surface area contributed by atoms with Gasteiger partial charge in [-0.1, -0.05) is 29.0 Å². The number of carbonyl (C=O) groups is 3. The first-order chi connectivity index (χ1) is 11.9. The maximum atomic E-state index is 11.7. The zero-order valence-corrected chi connectivity index (χ0v) is 14.8. The summed E-state index contributed by atoms with van der Waals surface area (Å²) in [6, 6.07) is 6.58. The van der Waals surface area contributed by atoms with E-state index < -0.39 is 18.5 Å². The van der Waals surface area contributed by atoms with Gasteiger partial charge in [-0.25, -0.2) is 0 Å². The second kappa shape index (κ2) is 9.09. The van der Waals surface area contributed by atoms with Crippen molar-refractivity contribution in [2.45, 2.75) is 19.8 Å². The minimum absolute atomic E-state index is 0.0760. The van der Waals surface area contributed by atoms with Crippen LogP contribution in [0, 0.1) is 6.92 Å². The van der Waals surface area contributed by atoms with Crippen molar-refractivity contribution in [3.63, 3.8) is 0 Å². The lowest BCUT2D eigenvalue weighted by atomic mass is 10.3. The van der Waals surface area contributed by atoms with E-state index in [9.17, 15) is 14.4 Å². The summed E-state index contributed by atoms with van der Waals surface area (Å²) in [5, 5.41) is 14.2. The van der Waals surface area contributed by atoms with Crippen molar-refractivity contribution in [2.75, 3.05) is 17.2 Å². The average molecular weight is 383 g/mol. The fourth-order valence-corrected chi connectivity index (χ4v) is 2.52. The van der Waals surface area contributed by atoms with Gasteiger partial charge in [-0.05, 0) is 25.1 Å². The third-order valence-electron chi connectivity index (χ3n) is 2.80. The van der Waals surface area contributed by atoms with Crippen molar-refractivity contribution in [1.29, 1.82) is 0 Å². The molecule has 0 unspecified atom stereocenters. The highest BCUT2D eigenvalue weighted by atomic mass is 35.5. The minimum atomic E-state index is -0.648. The molecule has 0 aliphatic carbocycles. The number of hydrogen-bond acceptors (Lipinski definition) is 7. The normalized spacial score (nSPS) is 10.2. The number of aryl methyl sites for hydroxylation is 1. The van der Waals surface area contributed by atoms with Crippen LogP contribution in [0.4, 0.5) is 10.8 Å². The van der Waals surface area contributed by atoms with Crippen molar-refractivity contribution in [2.24, 2.45) is 0 Å². The van der Waals surface area contributed by atoms with Crippen LogP contribution in [0.1, 0.15) is 17.8 Å². The third kappa shape index (κ3) is 6.86. The lowest BCUT2D eigenvalue weighted by Crippen LogP contribution is -2.21. The number of rotatable bonds is 7. The van der Waals surface area contributed by atoms with Crippen molar-refractivity contribution < 1.29 is 19.1 Å². The van der Waals surface area contributed by atoms with Crippen LogP contribution >= 0.6 is 22.9 Å². The Balaban J connectivity index is 1.66. The minimum Gasteiger partial charge on any atom is -0.456 e. The number of esters is 1. The van der Waals surface area contributed by atoms with Crippen LogP contribution in [0.5, 0.6) is 0 Å². The Morgan fingerprint density at radius 1 is 1.16 bits per heavy atom. The summed E-state index contributed by atoms with van der Waals surface area (Å²) in [6.07, 6.45) is -0.221. The Hall–Kier alpha value is -2.52. The van der Waals surface area contributed by atoms with Crippen molar-refractivity contribution in [3.05, 3.63) is 34.3 Å². The molecule has 0 saturated carbocycles. The number of ether oxygens (including phenoxy) is 1. The molecule has 1 aromatic heterocycles. The second-order valence-corrected chi connectivity index (χ2v) is 6.51. The Kier molecular flexibility index (Phi) is 6.84. The van der Waals surface area contributed by atoms with Crippen molar-refractivity contribution in [1.82, 2.24) is 10.2 Å². The number of nitrogens with one attached hydrogen (secondary N) is 2. The van der Waals surface area contributed by atoms with E-state index in [4.69, 9.17) is 16.3 Å². The average Bonchev–Trinajstić information content (AvgIpc) is 2.96. The van der Waals surface area contributed by atoms with E-state index in [0.717, 1.165) is 5.01 Å². The van der Waals surface area contributed by atoms with E-state index in [-0.39, 0.29) is 18.7 Å². The van der Waals surface area contributed by atoms with Gasteiger partial charge in [-0.3, -0.25) is 14.4 Å². The zero-order valence-electron chi connectivity index (χ0n) is 13.2. The van der Waals surface area contributed by atoms with Gasteiger partial charge in [0.1, 0.15) is 5.01 Å². The highest BCUT2D eigenvalue weighted by Crippen LogP contribution is 2.15. The van der Waals surface area contributed by atoms with Gasteiger partial charge < -0.3 is 15.4 Å². The Bertz CT molecular complexity index is 780. The van der Waals surface area contributed by atoms with Gasteiger partial charge in [0.05, 0.1) is 6.42 Å². The largest absolute Gasteiger partial charge is 0.456 e. The van der Waals surface area contributed by atoms with Gasteiger partial charge >= 0.3 is 5.97 Å². The summed E-state index contributed by atoms with van der Waals surface area (Å²) in [6.45, 7) is 1.32. The molecule has 1 heterocycles. The van der Waals surface area contributed by atoms with E-state index in [0.29, 0.717) is 15.8 Å². The molecule has 8 nitrogen and oxygen atoms in total. The van der Waals surface area contributed by atoms with Gasteiger partial charge in [0.15, 0.2) is 6.61 Å². The highest BCUT2D eigenvalue weighted by molar-refractivity contribution is 7.15. The van der Waals surface area contributed by atoms with Gasteiger partial charge in [-0.15, -0.1) is 10.2 Å². The molecule has 132 valence electrons. The second-order valence-electron chi connectivity index (χ2n) is 4.89. The molecule has 25 heavy (non-hydrogen) atoms. The van der Waals surface area contributed by atoms with Crippen LogP contribution in [-0.4, -0.2) is 34.6 Å². The van der Waals surface area contributed by atoms with Crippen LogP contribution in [-0.2, 0) is 19.1 Å². The fourth-order valence-electron chi connectivity index (χ4n) is 1.73. The molecule has 0 spiro atoms. The monoisotopic (exact) mass is 382 g/mol. The zero-order chi connectivity index (χ0) is 18.2. The molecule has 0 radical (unpaired) electrons. The summed E-state index contributed by atoms with van der Waals surface area (Å²) in [5.74, 6) is -1.52. The Labute approximate surface area is 152 Å². The van der Waals surface area contributed by atoms with Crippen LogP contribution < -0.4 is 10.6 Å². The van der Waals surface area contributed by atoms with E-state index >= 15 is 0 Å². The molecule has 0 atom stereocenters. The predicted octanol–water partition coefficient (Wildman–Crippen LogP) is 2.40. The SMILES string of the molecule is Cc1nnc(NC(=O)CCC(=O)OCC(=O)Nc2cccc(Cl)c2)s1. The quantitative estimate of drug-likeness (QED) is 0.711. The summed E-state index contributed by atoms with van der Waals surface area (Å²) < 4.78 is 4.82. The van der Waals surface area contributed by atoms with Crippen molar-refractivity contribution >= 4 is 51.5 Å². The molecule has 0 fully saturated rings. The molecule has 10 heteroatoms. The Morgan fingerprint density at radius 2 is 1.96 bits per heavy atom. The maximum absolute atomic E-state index is 11.7. The van der Waals surface area contributed by atoms with Crippen LogP contribution in [0.3, 0.4) is 0 Å².